The monoisotopic (exact) mass is 293 g/mol. The second kappa shape index (κ2) is 3.65. The van der Waals surface area contributed by atoms with E-state index in [0.29, 0.717) is 11.7 Å². The lowest BCUT2D eigenvalue weighted by atomic mass is 10.1. The third-order valence-electron chi connectivity index (χ3n) is 3.01. The maximum Gasteiger partial charge on any atom is 0.247 e. The van der Waals surface area contributed by atoms with Gasteiger partial charge in [-0.1, -0.05) is 27.2 Å². The molecule has 1 fully saturated rings. The van der Waals surface area contributed by atoms with Gasteiger partial charge in [0, 0.05) is 10.0 Å². The summed E-state index contributed by atoms with van der Waals surface area (Å²) in [6.07, 6.45) is 1.84. The third-order valence-corrected chi connectivity index (χ3v) is 3.66. The summed E-state index contributed by atoms with van der Waals surface area (Å²) in [6, 6.07) is 6.02. The number of aryl methyl sites for hydroxylation is 1. The molecule has 3 rings (SSSR count). The van der Waals surface area contributed by atoms with Gasteiger partial charge in [-0.15, -0.1) is 0 Å². The molecule has 0 radical (unpaired) electrons. The number of rotatable bonds is 2. The van der Waals surface area contributed by atoms with Crippen LogP contribution in [0.4, 0.5) is 0 Å². The highest BCUT2D eigenvalue weighted by atomic mass is 79.9. The van der Waals surface area contributed by atoms with E-state index >= 15 is 0 Å². The lowest BCUT2D eigenvalue weighted by molar-refractivity contribution is 0.348. The molecule has 17 heavy (non-hydrogen) atoms. The highest BCUT2D eigenvalue weighted by Crippen LogP contribution is 2.42. The number of aromatic nitrogens is 2. The quantitative estimate of drug-likeness (QED) is 0.925. The Morgan fingerprint density at radius 3 is 2.82 bits per heavy atom. The van der Waals surface area contributed by atoms with Gasteiger partial charge < -0.3 is 10.3 Å². The summed E-state index contributed by atoms with van der Waals surface area (Å²) in [5.41, 5.74) is 7.75. The summed E-state index contributed by atoms with van der Waals surface area (Å²) in [5.74, 6) is 1.13. The van der Waals surface area contributed by atoms with Crippen LogP contribution in [0.15, 0.2) is 27.2 Å². The molecule has 1 aromatic heterocycles. The van der Waals surface area contributed by atoms with Gasteiger partial charge in [-0.25, -0.2) is 0 Å². The molecule has 2 aromatic rings. The first kappa shape index (κ1) is 10.9. The van der Waals surface area contributed by atoms with E-state index in [1.807, 2.05) is 25.1 Å². The van der Waals surface area contributed by atoms with Crippen molar-refractivity contribution in [1.29, 1.82) is 0 Å². The highest BCUT2D eigenvalue weighted by molar-refractivity contribution is 9.10. The van der Waals surface area contributed by atoms with Crippen LogP contribution in [0.2, 0.25) is 0 Å². The van der Waals surface area contributed by atoms with Crippen LogP contribution in [0.3, 0.4) is 0 Å². The fourth-order valence-corrected chi connectivity index (χ4v) is 2.36. The fourth-order valence-electron chi connectivity index (χ4n) is 1.69. The first-order valence-corrected chi connectivity index (χ1v) is 6.27. The Bertz CT molecular complexity index is 575. The van der Waals surface area contributed by atoms with Crippen molar-refractivity contribution in [3.8, 4) is 11.4 Å². The first-order chi connectivity index (χ1) is 8.08. The SMILES string of the molecule is Cc1ccc(-c2noc(C3(N)CC3)n2)c(Br)c1. The number of hydrogen-bond donors (Lipinski definition) is 1. The van der Waals surface area contributed by atoms with Gasteiger partial charge in [0.05, 0.1) is 5.54 Å². The molecule has 88 valence electrons. The van der Waals surface area contributed by atoms with E-state index in [2.05, 4.69) is 26.1 Å². The van der Waals surface area contributed by atoms with Gasteiger partial charge in [-0.2, -0.15) is 4.98 Å². The standard InChI is InChI=1S/C12H12BrN3O/c1-7-2-3-8(9(13)6-7)10-15-11(17-16-10)12(14)4-5-12/h2-3,6H,4-5,14H2,1H3. The Morgan fingerprint density at radius 1 is 1.41 bits per heavy atom. The maximum absolute atomic E-state index is 6.01. The molecule has 0 aliphatic heterocycles. The van der Waals surface area contributed by atoms with Gasteiger partial charge in [0.25, 0.3) is 0 Å². The maximum atomic E-state index is 6.01. The van der Waals surface area contributed by atoms with Crippen LogP contribution in [-0.2, 0) is 5.54 Å². The highest BCUT2D eigenvalue weighted by Gasteiger charge is 2.45. The molecule has 1 heterocycles. The molecule has 0 bridgehead atoms. The molecule has 0 saturated heterocycles. The fraction of sp³-hybridized carbons (Fsp3) is 0.333. The minimum absolute atomic E-state index is 0.373. The number of halogens is 1. The Balaban J connectivity index is 2.01. The summed E-state index contributed by atoms with van der Waals surface area (Å²) in [4.78, 5) is 4.37. The van der Waals surface area contributed by atoms with E-state index in [9.17, 15) is 0 Å². The van der Waals surface area contributed by atoms with Crippen LogP contribution in [0.25, 0.3) is 11.4 Å². The molecule has 1 aliphatic carbocycles. The molecule has 2 N–H and O–H groups in total. The predicted molar refractivity (Wildman–Crippen MR) is 67.3 cm³/mol. The van der Waals surface area contributed by atoms with Crippen molar-refractivity contribution in [2.45, 2.75) is 25.3 Å². The molecule has 1 aliphatic rings. The zero-order valence-electron chi connectivity index (χ0n) is 9.40. The smallest absolute Gasteiger partial charge is 0.247 e. The molecule has 1 saturated carbocycles. The van der Waals surface area contributed by atoms with Gasteiger partial charge in [0.1, 0.15) is 0 Å². The van der Waals surface area contributed by atoms with E-state index in [1.165, 1.54) is 5.56 Å². The van der Waals surface area contributed by atoms with E-state index in [-0.39, 0.29) is 5.54 Å². The number of nitrogens with zero attached hydrogens (tertiary/aromatic N) is 2. The predicted octanol–water partition coefficient (Wildman–Crippen LogP) is 2.76. The largest absolute Gasteiger partial charge is 0.337 e. The van der Waals surface area contributed by atoms with E-state index in [4.69, 9.17) is 10.3 Å². The zero-order chi connectivity index (χ0) is 12.0. The summed E-state index contributed by atoms with van der Waals surface area (Å²) >= 11 is 3.51. The average Bonchev–Trinajstić information content (AvgIpc) is 2.85. The molecule has 0 atom stereocenters. The van der Waals surface area contributed by atoms with Crippen molar-refractivity contribution in [2.24, 2.45) is 5.73 Å². The van der Waals surface area contributed by atoms with E-state index in [0.717, 1.165) is 22.9 Å². The Morgan fingerprint density at radius 2 is 2.18 bits per heavy atom. The molecule has 0 amide bonds. The van der Waals surface area contributed by atoms with Gasteiger partial charge in [-0.3, -0.25) is 0 Å². The second-order valence-corrected chi connectivity index (χ2v) is 5.42. The van der Waals surface area contributed by atoms with Crippen LogP contribution in [-0.4, -0.2) is 10.1 Å². The van der Waals surface area contributed by atoms with Gasteiger partial charge >= 0.3 is 0 Å². The normalized spacial score (nSPS) is 17.1. The zero-order valence-corrected chi connectivity index (χ0v) is 11.0. The molecule has 0 spiro atoms. The molecule has 1 aromatic carbocycles. The van der Waals surface area contributed by atoms with Crippen molar-refractivity contribution in [1.82, 2.24) is 10.1 Å². The molecule has 5 heteroatoms. The van der Waals surface area contributed by atoms with Crippen molar-refractivity contribution < 1.29 is 4.52 Å². The minimum atomic E-state index is -0.373. The summed E-state index contributed by atoms with van der Waals surface area (Å²) < 4.78 is 6.19. The lowest BCUT2D eigenvalue weighted by Crippen LogP contribution is -2.18. The molecule has 0 unspecified atom stereocenters. The van der Waals surface area contributed by atoms with Crippen LogP contribution in [0, 0.1) is 6.92 Å². The van der Waals surface area contributed by atoms with Gasteiger partial charge in [0.15, 0.2) is 0 Å². The topological polar surface area (TPSA) is 64.9 Å². The lowest BCUT2D eigenvalue weighted by Gasteiger charge is -2.00. The summed E-state index contributed by atoms with van der Waals surface area (Å²) in [6.45, 7) is 2.04. The van der Waals surface area contributed by atoms with E-state index < -0.39 is 0 Å². The van der Waals surface area contributed by atoms with Crippen LogP contribution < -0.4 is 5.73 Å². The number of hydrogen-bond acceptors (Lipinski definition) is 4. The minimum Gasteiger partial charge on any atom is -0.337 e. The van der Waals surface area contributed by atoms with E-state index in [1.54, 1.807) is 0 Å². The molecular formula is C12H12BrN3O. The van der Waals surface area contributed by atoms with Crippen molar-refractivity contribution in [3.05, 3.63) is 34.1 Å². The van der Waals surface area contributed by atoms with Crippen molar-refractivity contribution in [3.63, 3.8) is 0 Å². The summed E-state index contributed by atoms with van der Waals surface area (Å²) in [7, 11) is 0. The van der Waals surface area contributed by atoms with Crippen LogP contribution >= 0.6 is 15.9 Å². The second-order valence-electron chi connectivity index (χ2n) is 4.56. The van der Waals surface area contributed by atoms with Crippen molar-refractivity contribution >= 4 is 15.9 Å². The molecular weight excluding hydrogens is 282 g/mol. The van der Waals surface area contributed by atoms with Gasteiger partial charge in [-0.05, 0) is 37.5 Å². The Hall–Kier alpha value is -1.20. The number of nitrogens with two attached hydrogens (primary N) is 1. The van der Waals surface area contributed by atoms with Crippen LogP contribution in [0.5, 0.6) is 0 Å². The number of benzene rings is 1. The average molecular weight is 294 g/mol. The van der Waals surface area contributed by atoms with Gasteiger partial charge in [0.2, 0.25) is 11.7 Å². The Kier molecular flexibility index (Phi) is 2.34. The van der Waals surface area contributed by atoms with Crippen LogP contribution in [0.1, 0.15) is 24.3 Å². The molecule has 4 nitrogen and oxygen atoms in total. The Labute approximate surface area is 107 Å². The third kappa shape index (κ3) is 1.89. The first-order valence-electron chi connectivity index (χ1n) is 5.48. The van der Waals surface area contributed by atoms with Crippen molar-refractivity contribution in [2.75, 3.05) is 0 Å². The summed E-state index contributed by atoms with van der Waals surface area (Å²) in [5, 5.41) is 3.99.